The summed E-state index contributed by atoms with van der Waals surface area (Å²) in [5.74, 6) is 5.04. The molecule has 0 bridgehead atoms. The highest BCUT2D eigenvalue weighted by Crippen LogP contribution is 2.61. The van der Waals surface area contributed by atoms with Gasteiger partial charge in [-0.15, -0.1) is 0 Å². The molecule has 0 saturated carbocycles. The number of nitrogens with zero attached hydrogens (tertiary/aromatic N) is 5. The van der Waals surface area contributed by atoms with Gasteiger partial charge in [-0.25, -0.2) is 9.97 Å². The second kappa shape index (κ2) is 7.16. The molecule has 0 atom stereocenters. The number of para-hydroxylation sites is 1. The number of fused-ring (bicyclic) bond motifs is 2. The molecule has 0 spiro atoms. The van der Waals surface area contributed by atoms with Crippen LogP contribution >= 0.6 is 0 Å². The molecular formula is C38H18BN5O2. The maximum absolute atomic E-state index is 6.75. The number of hydrogen-bond donors (Lipinski definition) is 0. The summed E-state index contributed by atoms with van der Waals surface area (Å²) in [6, 6.07) is 38.0. The number of hydrogen-bond acceptors (Lipinski definition) is 5. The second-order valence-electron chi connectivity index (χ2n) is 12.6. The van der Waals surface area contributed by atoms with Gasteiger partial charge in [0.15, 0.2) is 23.0 Å². The highest BCUT2D eigenvalue weighted by molar-refractivity contribution is 7.02. The summed E-state index contributed by atoms with van der Waals surface area (Å²) in [4.78, 5) is 13.1. The fraction of sp³-hybridized carbons (Fsp3) is 0. The highest BCUT2D eigenvalue weighted by Gasteiger charge is 2.53. The van der Waals surface area contributed by atoms with Gasteiger partial charge in [0.2, 0.25) is 0 Å². The lowest BCUT2D eigenvalue weighted by molar-refractivity contribution is 0.447. The van der Waals surface area contributed by atoms with Crippen molar-refractivity contribution in [3.8, 4) is 57.1 Å². The summed E-state index contributed by atoms with van der Waals surface area (Å²) in [5.41, 5.74) is 15.3. The Labute approximate surface area is 261 Å². The molecule has 5 aliphatic heterocycles. The van der Waals surface area contributed by atoms with Gasteiger partial charge in [0, 0.05) is 34.6 Å². The monoisotopic (exact) mass is 587 g/mol. The summed E-state index contributed by atoms with van der Waals surface area (Å²) in [6.07, 6.45) is 0. The van der Waals surface area contributed by atoms with Crippen LogP contribution in [0.5, 0.6) is 23.0 Å². The molecule has 0 saturated heterocycles. The second-order valence-corrected chi connectivity index (χ2v) is 12.6. The molecule has 0 amide bonds. The third-order valence-corrected chi connectivity index (χ3v) is 10.4. The standard InChI is InChI=1S/C38H18BN5O2/c1-3-9-19(10-4-1)37-40-21-17-27-35-30-32(21)42(37)23-13-7-14-24-29(23)39(30)31-33-22(41-38(43(24)33)20-11-5-2-6-12-20)18-28-36(31)44(35)34-25(45-27)15-8-16-26(34)46-28/h1-18H. The van der Waals surface area contributed by atoms with Crippen LogP contribution in [0.3, 0.4) is 0 Å². The van der Waals surface area contributed by atoms with Crippen molar-refractivity contribution < 1.29 is 9.47 Å². The third-order valence-electron chi connectivity index (χ3n) is 10.4. The summed E-state index contributed by atoms with van der Waals surface area (Å²) < 4.78 is 18.3. The third kappa shape index (κ3) is 2.27. The molecule has 13 rings (SSSR count). The smallest absolute Gasteiger partial charge is 0.258 e. The van der Waals surface area contributed by atoms with Crippen molar-refractivity contribution >= 4 is 62.2 Å². The largest absolute Gasteiger partial charge is 0.453 e. The number of ether oxygens (including phenoxy) is 2. The Bertz CT molecular complexity index is 2590. The van der Waals surface area contributed by atoms with Crippen molar-refractivity contribution in [3.05, 3.63) is 109 Å². The molecule has 2 aromatic heterocycles. The maximum Gasteiger partial charge on any atom is 0.258 e. The molecule has 0 aliphatic carbocycles. The van der Waals surface area contributed by atoms with Crippen LogP contribution in [0.2, 0.25) is 0 Å². The van der Waals surface area contributed by atoms with E-state index in [4.69, 9.17) is 19.4 Å². The Morgan fingerprint density at radius 2 is 0.978 bits per heavy atom. The SMILES string of the molecule is c1ccc(-c2nc3cc4c5c6c3n2-c2cccc3c2B6c2c6c(cc7nc(-c8ccccc8)n-3c27)Oc2cccc(c2N56)O4)cc1. The molecule has 46 heavy (non-hydrogen) atoms. The van der Waals surface area contributed by atoms with Crippen LogP contribution in [0.25, 0.3) is 56.2 Å². The van der Waals surface area contributed by atoms with E-state index in [1.807, 2.05) is 18.2 Å². The summed E-state index contributed by atoms with van der Waals surface area (Å²) >= 11 is 0. The van der Waals surface area contributed by atoms with Gasteiger partial charge in [0.25, 0.3) is 6.71 Å². The Morgan fingerprint density at radius 3 is 1.50 bits per heavy atom. The average Bonchev–Trinajstić information content (AvgIpc) is 3.68. The number of rotatable bonds is 2. The minimum absolute atomic E-state index is 0.0444. The van der Waals surface area contributed by atoms with E-state index >= 15 is 0 Å². The minimum atomic E-state index is -0.0444. The van der Waals surface area contributed by atoms with Gasteiger partial charge in [0.05, 0.1) is 33.4 Å². The maximum atomic E-state index is 6.75. The lowest BCUT2D eigenvalue weighted by atomic mass is 9.32. The first-order valence-electron chi connectivity index (χ1n) is 15.6. The zero-order chi connectivity index (χ0) is 29.4. The van der Waals surface area contributed by atoms with Crippen molar-refractivity contribution in [1.82, 2.24) is 19.1 Å². The number of aromatic nitrogens is 4. The molecule has 210 valence electrons. The number of imidazole rings is 2. The molecule has 8 aromatic rings. The molecule has 0 fully saturated rings. The van der Waals surface area contributed by atoms with Crippen molar-refractivity contribution in [2.75, 3.05) is 4.90 Å². The van der Waals surface area contributed by atoms with Crippen LogP contribution in [0.15, 0.2) is 109 Å². The molecule has 0 N–H and O–H groups in total. The van der Waals surface area contributed by atoms with E-state index in [1.54, 1.807) is 0 Å². The van der Waals surface area contributed by atoms with Gasteiger partial charge < -0.3 is 9.47 Å². The Morgan fingerprint density at radius 1 is 0.478 bits per heavy atom. The van der Waals surface area contributed by atoms with Gasteiger partial charge >= 0.3 is 0 Å². The van der Waals surface area contributed by atoms with Crippen molar-refractivity contribution in [1.29, 1.82) is 0 Å². The van der Waals surface area contributed by atoms with Crippen molar-refractivity contribution in [3.63, 3.8) is 0 Å². The lowest BCUT2D eigenvalue weighted by Gasteiger charge is -2.47. The topological polar surface area (TPSA) is 57.3 Å². The van der Waals surface area contributed by atoms with Gasteiger partial charge in [-0.05, 0) is 40.7 Å². The van der Waals surface area contributed by atoms with E-state index in [-0.39, 0.29) is 6.71 Å². The van der Waals surface area contributed by atoms with E-state index in [1.165, 1.54) is 16.4 Å². The quantitative estimate of drug-likeness (QED) is 0.208. The lowest BCUT2D eigenvalue weighted by Crippen LogP contribution is -2.63. The fourth-order valence-electron chi connectivity index (χ4n) is 8.78. The molecule has 0 radical (unpaired) electrons. The predicted molar refractivity (Wildman–Crippen MR) is 180 cm³/mol. The molecule has 7 nitrogen and oxygen atoms in total. The van der Waals surface area contributed by atoms with E-state index in [2.05, 4.69) is 105 Å². The van der Waals surface area contributed by atoms with Crippen LogP contribution in [0.1, 0.15) is 0 Å². The van der Waals surface area contributed by atoms with Crippen LogP contribution in [-0.4, -0.2) is 25.8 Å². The van der Waals surface area contributed by atoms with Gasteiger partial charge in [-0.3, -0.25) is 14.0 Å². The number of anilines is 3. The van der Waals surface area contributed by atoms with E-state index in [9.17, 15) is 0 Å². The Kier molecular flexibility index (Phi) is 3.47. The molecule has 0 unspecified atom stereocenters. The summed E-state index contributed by atoms with van der Waals surface area (Å²) in [5, 5.41) is 0. The van der Waals surface area contributed by atoms with Crippen LogP contribution in [0.4, 0.5) is 17.1 Å². The van der Waals surface area contributed by atoms with Crippen molar-refractivity contribution in [2.24, 2.45) is 0 Å². The minimum Gasteiger partial charge on any atom is -0.453 e. The van der Waals surface area contributed by atoms with Crippen LogP contribution in [0, 0.1) is 0 Å². The molecule has 7 heterocycles. The van der Waals surface area contributed by atoms with Crippen molar-refractivity contribution in [2.45, 2.75) is 0 Å². The first-order valence-corrected chi connectivity index (χ1v) is 15.6. The average molecular weight is 587 g/mol. The molecule has 6 aromatic carbocycles. The van der Waals surface area contributed by atoms with E-state index in [0.717, 1.165) is 96.3 Å². The Hall–Kier alpha value is -6.28. The molecule has 8 heteroatoms. The van der Waals surface area contributed by atoms with Crippen LogP contribution in [-0.2, 0) is 0 Å². The predicted octanol–water partition coefficient (Wildman–Crippen LogP) is 6.84. The Balaban J connectivity index is 1.29. The summed E-state index contributed by atoms with van der Waals surface area (Å²) in [7, 11) is 0. The highest BCUT2D eigenvalue weighted by atomic mass is 16.5. The first kappa shape index (κ1) is 22.3. The normalized spacial score (nSPS) is 14.3. The molecular weight excluding hydrogens is 569 g/mol. The zero-order valence-corrected chi connectivity index (χ0v) is 24.0. The zero-order valence-electron chi connectivity index (χ0n) is 24.0. The fourth-order valence-corrected chi connectivity index (χ4v) is 8.78. The number of benzene rings is 6. The van der Waals surface area contributed by atoms with Crippen LogP contribution < -0.4 is 30.8 Å². The first-order chi connectivity index (χ1) is 22.8. The van der Waals surface area contributed by atoms with Gasteiger partial charge in [-0.1, -0.05) is 72.8 Å². The van der Waals surface area contributed by atoms with E-state index < -0.39 is 0 Å². The van der Waals surface area contributed by atoms with E-state index in [0.29, 0.717) is 0 Å². The van der Waals surface area contributed by atoms with Gasteiger partial charge in [-0.2, -0.15) is 0 Å². The summed E-state index contributed by atoms with van der Waals surface area (Å²) in [6.45, 7) is -0.0444. The van der Waals surface area contributed by atoms with Gasteiger partial charge in [0.1, 0.15) is 17.3 Å². The molecule has 5 aliphatic rings.